The number of halogens is 4. The lowest BCUT2D eigenvalue weighted by molar-refractivity contribution is -0.143. The normalized spacial score (nSPS) is 14.5. The summed E-state index contributed by atoms with van der Waals surface area (Å²) in [6, 6.07) is 0. The molecule has 0 aliphatic carbocycles. The third kappa shape index (κ3) is 8.52. The molecule has 0 aromatic rings. The van der Waals surface area contributed by atoms with Crippen LogP contribution in [-0.2, 0) is 9.53 Å². The summed E-state index contributed by atoms with van der Waals surface area (Å²) in [7, 11) is 0. The maximum atomic E-state index is 11.3. The zero-order valence-corrected chi connectivity index (χ0v) is 14.1. The van der Waals surface area contributed by atoms with E-state index in [1.54, 1.807) is 6.92 Å². The van der Waals surface area contributed by atoms with E-state index in [0.29, 0.717) is 25.9 Å². The Morgan fingerprint density at radius 3 is 2.29 bits per heavy atom. The fraction of sp³-hybridized carbons (Fsp3) is 0.909. The van der Waals surface area contributed by atoms with Crippen molar-refractivity contribution in [3.8, 4) is 0 Å². The number of rotatable bonds is 6. The summed E-state index contributed by atoms with van der Waals surface area (Å²) in [5.41, 5.74) is -0.142. The second kappa shape index (κ2) is 7.42. The molecular formula is C11H18BrCl3O2. The monoisotopic (exact) mass is 366 g/mol. The van der Waals surface area contributed by atoms with E-state index in [-0.39, 0.29) is 16.2 Å². The Labute approximate surface area is 126 Å². The maximum Gasteiger partial charge on any atom is 0.305 e. The highest BCUT2D eigenvalue weighted by atomic mass is 79.9. The van der Waals surface area contributed by atoms with Gasteiger partial charge in [-0.15, -0.1) is 0 Å². The summed E-state index contributed by atoms with van der Waals surface area (Å²) in [6.45, 7) is 6.26. The highest BCUT2D eigenvalue weighted by molar-refractivity contribution is 9.09. The van der Waals surface area contributed by atoms with Gasteiger partial charge in [0, 0.05) is 17.7 Å². The van der Waals surface area contributed by atoms with Gasteiger partial charge in [-0.1, -0.05) is 64.6 Å². The largest absolute Gasteiger partial charge is 0.466 e. The average molecular weight is 369 g/mol. The smallest absolute Gasteiger partial charge is 0.305 e. The molecule has 0 radical (unpaired) electrons. The van der Waals surface area contributed by atoms with E-state index in [4.69, 9.17) is 39.5 Å². The number of hydrogen-bond donors (Lipinski definition) is 0. The Bertz CT molecular complexity index is 252. The average Bonchev–Trinajstić information content (AvgIpc) is 2.12. The van der Waals surface area contributed by atoms with Gasteiger partial charge < -0.3 is 4.74 Å². The van der Waals surface area contributed by atoms with E-state index < -0.39 is 3.79 Å². The zero-order chi connectivity index (χ0) is 13.7. The standard InChI is InChI=1S/C11H18BrCl3O2/c1-4-17-9(16)5-6-10(2,3)8(12)7-11(13,14)15/h8H,4-7H2,1-3H3. The second-order valence-corrected chi connectivity index (χ2v) is 8.20. The number of hydrogen-bond acceptors (Lipinski definition) is 2. The van der Waals surface area contributed by atoms with Gasteiger partial charge in [-0.2, -0.15) is 0 Å². The lowest BCUT2D eigenvalue weighted by atomic mass is 9.83. The minimum absolute atomic E-state index is 0.0249. The summed E-state index contributed by atoms with van der Waals surface area (Å²) in [4.78, 5) is 11.3. The maximum absolute atomic E-state index is 11.3. The summed E-state index contributed by atoms with van der Waals surface area (Å²) in [5.74, 6) is -0.186. The van der Waals surface area contributed by atoms with Crippen LogP contribution in [0, 0.1) is 5.41 Å². The van der Waals surface area contributed by atoms with Crippen molar-refractivity contribution in [3.63, 3.8) is 0 Å². The highest BCUT2D eigenvalue weighted by Gasteiger charge is 2.34. The number of carbonyl (C=O) groups excluding carboxylic acids is 1. The van der Waals surface area contributed by atoms with Crippen LogP contribution in [-0.4, -0.2) is 21.2 Å². The molecule has 0 fully saturated rings. The lowest BCUT2D eigenvalue weighted by Gasteiger charge is -2.32. The Balaban J connectivity index is 4.22. The van der Waals surface area contributed by atoms with Crippen molar-refractivity contribution in [3.05, 3.63) is 0 Å². The van der Waals surface area contributed by atoms with Gasteiger partial charge in [-0.25, -0.2) is 0 Å². The summed E-state index contributed by atoms with van der Waals surface area (Å²) >= 11 is 20.8. The third-order valence-electron chi connectivity index (χ3n) is 2.54. The quantitative estimate of drug-likeness (QED) is 0.493. The van der Waals surface area contributed by atoms with Gasteiger partial charge >= 0.3 is 5.97 Å². The zero-order valence-electron chi connectivity index (χ0n) is 10.2. The fourth-order valence-corrected chi connectivity index (χ4v) is 3.03. The van der Waals surface area contributed by atoms with E-state index in [9.17, 15) is 4.79 Å². The number of carbonyl (C=O) groups is 1. The SMILES string of the molecule is CCOC(=O)CCC(C)(C)C(Br)CC(Cl)(Cl)Cl. The van der Waals surface area contributed by atoms with Crippen LogP contribution in [0.5, 0.6) is 0 Å². The molecule has 0 saturated heterocycles. The van der Waals surface area contributed by atoms with E-state index in [2.05, 4.69) is 15.9 Å². The van der Waals surface area contributed by atoms with Crippen molar-refractivity contribution < 1.29 is 9.53 Å². The molecule has 0 saturated carbocycles. The molecule has 0 aliphatic heterocycles. The molecule has 17 heavy (non-hydrogen) atoms. The molecule has 102 valence electrons. The van der Waals surface area contributed by atoms with Crippen LogP contribution < -0.4 is 0 Å². The van der Waals surface area contributed by atoms with Crippen LogP contribution >= 0.6 is 50.7 Å². The Morgan fingerprint density at radius 1 is 1.35 bits per heavy atom. The first-order chi connectivity index (χ1) is 7.58. The van der Waals surface area contributed by atoms with Crippen LogP contribution in [0.1, 0.15) is 40.0 Å². The van der Waals surface area contributed by atoms with E-state index in [1.165, 1.54) is 0 Å². The van der Waals surface area contributed by atoms with Crippen molar-refractivity contribution in [1.29, 1.82) is 0 Å². The molecule has 0 spiro atoms. The second-order valence-electron chi connectivity index (χ2n) is 4.58. The van der Waals surface area contributed by atoms with E-state index >= 15 is 0 Å². The summed E-state index contributed by atoms with van der Waals surface area (Å²) < 4.78 is 3.60. The van der Waals surface area contributed by atoms with Crippen molar-refractivity contribution in [2.45, 2.75) is 48.7 Å². The molecule has 0 N–H and O–H groups in total. The highest BCUT2D eigenvalue weighted by Crippen LogP contribution is 2.42. The first-order valence-corrected chi connectivity index (χ1v) is 7.50. The molecular weight excluding hydrogens is 350 g/mol. The molecule has 0 aliphatic rings. The van der Waals surface area contributed by atoms with Gasteiger partial charge in [-0.3, -0.25) is 4.79 Å². The van der Waals surface area contributed by atoms with Gasteiger partial charge in [0.1, 0.15) is 0 Å². The van der Waals surface area contributed by atoms with Gasteiger partial charge in [0.2, 0.25) is 0 Å². The Hall–Kier alpha value is 0.820. The summed E-state index contributed by atoms with van der Waals surface area (Å²) in [5, 5.41) is 0. The Morgan fingerprint density at radius 2 is 1.88 bits per heavy atom. The number of esters is 1. The van der Waals surface area contributed by atoms with Crippen LogP contribution in [0.25, 0.3) is 0 Å². The molecule has 1 atom stereocenters. The van der Waals surface area contributed by atoms with Crippen molar-refractivity contribution in [2.75, 3.05) is 6.61 Å². The molecule has 0 aromatic carbocycles. The Kier molecular flexibility index (Phi) is 7.78. The van der Waals surface area contributed by atoms with Crippen LogP contribution in [0.15, 0.2) is 0 Å². The number of ether oxygens (including phenoxy) is 1. The lowest BCUT2D eigenvalue weighted by Crippen LogP contribution is -2.29. The van der Waals surface area contributed by atoms with Crippen molar-refractivity contribution in [1.82, 2.24) is 0 Å². The van der Waals surface area contributed by atoms with Gasteiger partial charge in [0.15, 0.2) is 3.79 Å². The van der Waals surface area contributed by atoms with Crippen LogP contribution in [0.2, 0.25) is 0 Å². The fourth-order valence-electron chi connectivity index (χ4n) is 1.29. The van der Waals surface area contributed by atoms with Crippen molar-refractivity contribution in [2.24, 2.45) is 5.41 Å². The third-order valence-corrected chi connectivity index (χ3v) is 4.56. The van der Waals surface area contributed by atoms with Crippen LogP contribution in [0.3, 0.4) is 0 Å². The van der Waals surface area contributed by atoms with E-state index in [0.717, 1.165) is 0 Å². The number of alkyl halides is 4. The summed E-state index contributed by atoms with van der Waals surface area (Å²) in [6.07, 6.45) is 1.46. The molecule has 1 unspecified atom stereocenters. The molecule has 0 bridgehead atoms. The first kappa shape index (κ1) is 17.8. The molecule has 2 nitrogen and oxygen atoms in total. The van der Waals surface area contributed by atoms with Gasteiger partial charge in [0.25, 0.3) is 0 Å². The minimum atomic E-state index is -1.28. The molecule has 0 rings (SSSR count). The molecule has 0 aromatic heterocycles. The molecule has 0 amide bonds. The predicted molar refractivity (Wildman–Crippen MR) is 77.3 cm³/mol. The molecule has 6 heteroatoms. The predicted octanol–water partition coefficient (Wildman–Crippen LogP) is 4.88. The molecule has 0 heterocycles. The first-order valence-electron chi connectivity index (χ1n) is 5.45. The minimum Gasteiger partial charge on any atom is -0.466 e. The van der Waals surface area contributed by atoms with Gasteiger partial charge in [0.05, 0.1) is 6.61 Å². The van der Waals surface area contributed by atoms with E-state index in [1.807, 2.05) is 13.8 Å². The topological polar surface area (TPSA) is 26.3 Å². The van der Waals surface area contributed by atoms with Crippen molar-refractivity contribution >= 4 is 56.7 Å². The van der Waals surface area contributed by atoms with Crippen LogP contribution in [0.4, 0.5) is 0 Å². The van der Waals surface area contributed by atoms with Gasteiger partial charge in [-0.05, 0) is 18.8 Å².